The van der Waals surface area contributed by atoms with Crippen molar-refractivity contribution in [3.63, 3.8) is 0 Å². The molecule has 4 aliphatic carbocycles. The number of aliphatic hydroxyl groups is 4. The van der Waals surface area contributed by atoms with E-state index in [-0.39, 0.29) is 16.7 Å². The molecule has 4 N–H and O–H groups in total. The molecule has 0 radical (unpaired) electrons. The van der Waals surface area contributed by atoms with Crippen LogP contribution in [0.4, 0.5) is 0 Å². The highest BCUT2D eigenvalue weighted by atomic mass is 16.3. The van der Waals surface area contributed by atoms with Crippen molar-refractivity contribution in [2.45, 2.75) is 90.1 Å². The Balaban J connectivity index is 1.63. The van der Waals surface area contributed by atoms with Crippen LogP contribution in [0.2, 0.25) is 0 Å². The Morgan fingerprint density at radius 2 is 1.56 bits per heavy atom. The van der Waals surface area contributed by atoms with Crippen molar-refractivity contribution in [3.8, 4) is 0 Å². The molecule has 4 heteroatoms. The SMILES string of the molecule is CC(O)[C@H]1C(O)C[C@H]2[C@@H]3CCC4CC(O)C(O)C[C@]4(C)[C@H]3CC[C@]12C. The van der Waals surface area contributed by atoms with E-state index in [0.29, 0.717) is 30.1 Å². The Morgan fingerprint density at radius 1 is 0.840 bits per heavy atom. The second-order valence-corrected chi connectivity index (χ2v) is 10.3. The van der Waals surface area contributed by atoms with Gasteiger partial charge in [-0.25, -0.2) is 0 Å². The van der Waals surface area contributed by atoms with Gasteiger partial charge >= 0.3 is 0 Å². The summed E-state index contributed by atoms with van der Waals surface area (Å²) < 4.78 is 0. The van der Waals surface area contributed by atoms with Gasteiger partial charge < -0.3 is 20.4 Å². The highest BCUT2D eigenvalue weighted by Gasteiger charge is 2.63. The zero-order valence-corrected chi connectivity index (χ0v) is 15.9. The Kier molecular flexibility index (Phi) is 4.31. The van der Waals surface area contributed by atoms with E-state index < -0.39 is 24.4 Å². The normalized spacial score (nSPS) is 59.6. The monoisotopic (exact) mass is 352 g/mol. The van der Waals surface area contributed by atoms with E-state index in [1.165, 1.54) is 6.42 Å². The Morgan fingerprint density at radius 3 is 2.24 bits per heavy atom. The molecule has 0 bridgehead atoms. The first-order valence-corrected chi connectivity index (χ1v) is 10.4. The van der Waals surface area contributed by atoms with Gasteiger partial charge in [0.15, 0.2) is 0 Å². The minimum atomic E-state index is -0.590. The van der Waals surface area contributed by atoms with Crippen LogP contribution in [-0.4, -0.2) is 44.8 Å². The first-order valence-electron chi connectivity index (χ1n) is 10.4. The van der Waals surface area contributed by atoms with Crippen molar-refractivity contribution in [2.75, 3.05) is 0 Å². The van der Waals surface area contributed by atoms with Crippen molar-refractivity contribution in [3.05, 3.63) is 0 Å². The third-order valence-corrected chi connectivity index (χ3v) is 9.31. The zero-order valence-electron chi connectivity index (χ0n) is 15.9. The number of hydrogen-bond donors (Lipinski definition) is 4. The van der Waals surface area contributed by atoms with Crippen LogP contribution in [0.25, 0.3) is 0 Å². The molecule has 0 aliphatic heterocycles. The molecule has 0 amide bonds. The summed E-state index contributed by atoms with van der Waals surface area (Å²) >= 11 is 0. The van der Waals surface area contributed by atoms with Crippen LogP contribution in [0.5, 0.6) is 0 Å². The van der Waals surface area contributed by atoms with Gasteiger partial charge in [-0.3, -0.25) is 0 Å². The molecule has 25 heavy (non-hydrogen) atoms. The first-order chi connectivity index (χ1) is 11.7. The molecule has 0 aromatic heterocycles. The molecule has 11 atom stereocenters. The molecule has 0 aromatic carbocycles. The molecule has 4 nitrogen and oxygen atoms in total. The van der Waals surface area contributed by atoms with Crippen LogP contribution >= 0.6 is 0 Å². The third kappa shape index (κ3) is 2.47. The fourth-order valence-corrected chi connectivity index (χ4v) is 8.20. The molecule has 4 aliphatic rings. The maximum Gasteiger partial charge on any atom is 0.0804 e. The lowest BCUT2D eigenvalue weighted by atomic mass is 9.44. The molecule has 4 fully saturated rings. The highest BCUT2D eigenvalue weighted by molar-refractivity contribution is 5.12. The zero-order chi connectivity index (χ0) is 18.1. The van der Waals surface area contributed by atoms with Crippen molar-refractivity contribution in [1.29, 1.82) is 0 Å². The predicted molar refractivity (Wildman–Crippen MR) is 95.7 cm³/mol. The molecule has 4 saturated carbocycles. The van der Waals surface area contributed by atoms with Crippen molar-refractivity contribution >= 4 is 0 Å². The largest absolute Gasteiger partial charge is 0.393 e. The van der Waals surface area contributed by atoms with Crippen molar-refractivity contribution < 1.29 is 20.4 Å². The molecule has 4 rings (SSSR count). The summed E-state index contributed by atoms with van der Waals surface area (Å²) in [5.41, 5.74) is 0.140. The molecule has 0 spiro atoms. The van der Waals surface area contributed by atoms with Gasteiger partial charge in [-0.2, -0.15) is 0 Å². The molecule has 5 unspecified atom stereocenters. The maximum atomic E-state index is 10.7. The quantitative estimate of drug-likeness (QED) is 0.584. The second kappa shape index (κ2) is 5.92. The van der Waals surface area contributed by atoms with Crippen LogP contribution in [0.1, 0.15) is 65.7 Å². The van der Waals surface area contributed by atoms with Gasteiger partial charge in [0, 0.05) is 5.92 Å². The number of fused-ring (bicyclic) bond motifs is 5. The summed E-state index contributed by atoms with van der Waals surface area (Å²) in [4.78, 5) is 0. The summed E-state index contributed by atoms with van der Waals surface area (Å²) in [6, 6.07) is 0. The van der Waals surface area contributed by atoms with Gasteiger partial charge in [0.1, 0.15) is 0 Å². The van der Waals surface area contributed by atoms with E-state index in [2.05, 4.69) is 13.8 Å². The van der Waals surface area contributed by atoms with E-state index in [1.54, 1.807) is 0 Å². The molecular weight excluding hydrogens is 316 g/mol. The molecule has 0 aromatic rings. The number of hydrogen-bond acceptors (Lipinski definition) is 4. The lowest BCUT2D eigenvalue weighted by molar-refractivity contribution is -0.162. The van der Waals surface area contributed by atoms with E-state index in [0.717, 1.165) is 32.1 Å². The fraction of sp³-hybridized carbons (Fsp3) is 1.00. The molecular formula is C21H36O4. The standard InChI is InChI=1S/C21H36O4/c1-11(22)19-17(24)9-15-13-5-4-12-8-16(23)18(25)10-21(12,3)14(13)6-7-20(15,19)2/h11-19,22-25H,4-10H2,1-3H3/t11?,12?,13-,14+,15+,16?,17?,18?,19+,20+,21+/m1/s1. The maximum absolute atomic E-state index is 10.7. The average molecular weight is 353 g/mol. The second-order valence-electron chi connectivity index (χ2n) is 10.3. The van der Waals surface area contributed by atoms with Crippen LogP contribution in [0.15, 0.2) is 0 Å². The van der Waals surface area contributed by atoms with Crippen LogP contribution < -0.4 is 0 Å². The topological polar surface area (TPSA) is 80.9 Å². The summed E-state index contributed by atoms with van der Waals surface area (Å²) in [5.74, 6) is 2.13. The van der Waals surface area contributed by atoms with Crippen LogP contribution in [0.3, 0.4) is 0 Å². The van der Waals surface area contributed by atoms with Crippen molar-refractivity contribution in [2.24, 2.45) is 40.4 Å². The van der Waals surface area contributed by atoms with Gasteiger partial charge in [0.2, 0.25) is 0 Å². The lowest BCUT2D eigenvalue weighted by Gasteiger charge is -2.61. The summed E-state index contributed by atoms with van der Waals surface area (Å²) in [6.07, 6.45) is 4.77. The Bertz CT molecular complexity index is 522. The van der Waals surface area contributed by atoms with Gasteiger partial charge in [-0.05, 0) is 86.4 Å². The minimum absolute atomic E-state index is 0.0113. The predicted octanol–water partition coefficient (Wildman–Crippen LogP) is 2.33. The van der Waals surface area contributed by atoms with E-state index in [1.807, 2.05) is 6.92 Å². The van der Waals surface area contributed by atoms with E-state index in [4.69, 9.17) is 0 Å². The first kappa shape index (κ1) is 18.2. The van der Waals surface area contributed by atoms with Crippen LogP contribution in [-0.2, 0) is 0 Å². The van der Waals surface area contributed by atoms with Gasteiger partial charge in [0.25, 0.3) is 0 Å². The van der Waals surface area contributed by atoms with Gasteiger partial charge in [-0.1, -0.05) is 13.8 Å². The summed E-state index contributed by atoms with van der Waals surface area (Å²) in [7, 11) is 0. The van der Waals surface area contributed by atoms with Crippen LogP contribution in [0, 0.1) is 40.4 Å². The molecule has 0 saturated heterocycles. The highest BCUT2D eigenvalue weighted by Crippen LogP contribution is 2.67. The molecule has 0 heterocycles. The van der Waals surface area contributed by atoms with E-state index >= 15 is 0 Å². The minimum Gasteiger partial charge on any atom is -0.393 e. The number of rotatable bonds is 1. The van der Waals surface area contributed by atoms with Crippen molar-refractivity contribution in [1.82, 2.24) is 0 Å². The fourth-order valence-electron chi connectivity index (χ4n) is 8.20. The Labute approximate surface area is 151 Å². The summed E-state index contributed by atoms with van der Waals surface area (Å²) in [5, 5.41) is 41.5. The average Bonchev–Trinajstić information content (AvgIpc) is 2.79. The van der Waals surface area contributed by atoms with E-state index in [9.17, 15) is 20.4 Å². The molecule has 144 valence electrons. The smallest absolute Gasteiger partial charge is 0.0804 e. The van der Waals surface area contributed by atoms with Gasteiger partial charge in [0.05, 0.1) is 24.4 Å². The summed E-state index contributed by atoms with van der Waals surface area (Å²) in [6.45, 7) is 6.49. The third-order valence-electron chi connectivity index (χ3n) is 9.31. The van der Waals surface area contributed by atoms with Gasteiger partial charge in [-0.15, -0.1) is 0 Å². The Hall–Kier alpha value is -0.160. The lowest BCUT2D eigenvalue weighted by Crippen LogP contribution is -2.57. The number of aliphatic hydroxyl groups excluding tert-OH is 4.